The van der Waals surface area contributed by atoms with Gasteiger partial charge in [-0.1, -0.05) is 24.3 Å². The third kappa shape index (κ3) is 3.12. The summed E-state index contributed by atoms with van der Waals surface area (Å²) < 4.78 is 6.92. The Bertz CT molecular complexity index is 717. The van der Waals surface area contributed by atoms with Gasteiger partial charge in [0, 0.05) is 12.5 Å². The molecule has 0 spiro atoms. The summed E-state index contributed by atoms with van der Waals surface area (Å²) in [5.41, 5.74) is 2.30. The number of thiazole rings is 1. The van der Waals surface area contributed by atoms with Crippen LogP contribution >= 0.6 is 11.3 Å². The maximum atomic E-state index is 12.7. The molecule has 1 saturated carbocycles. The second-order valence-electron chi connectivity index (χ2n) is 6.51. The minimum Gasteiger partial charge on any atom is -0.376 e. The van der Waals surface area contributed by atoms with E-state index in [-0.39, 0.29) is 17.9 Å². The molecule has 2 aromatic rings. The number of nitrogens with zero attached hydrogens (tertiary/aromatic N) is 2. The number of rotatable bonds is 5. The molecule has 122 valence electrons. The Morgan fingerprint density at radius 2 is 2.26 bits per heavy atom. The Hall–Kier alpha value is -1.46. The number of hydrogen-bond acceptors (Lipinski definition) is 4. The number of carbonyl (C=O) groups is 1. The van der Waals surface area contributed by atoms with Gasteiger partial charge in [-0.05, 0) is 49.8 Å². The van der Waals surface area contributed by atoms with Gasteiger partial charge in [-0.3, -0.25) is 9.69 Å². The van der Waals surface area contributed by atoms with Crippen LogP contribution in [0.4, 0.5) is 5.13 Å². The molecule has 5 heteroatoms. The summed E-state index contributed by atoms with van der Waals surface area (Å²) in [6, 6.07) is 6.39. The fourth-order valence-electron chi connectivity index (χ4n) is 3.10. The van der Waals surface area contributed by atoms with E-state index in [2.05, 4.69) is 25.1 Å². The fraction of sp³-hybridized carbons (Fsp3) is 0.556. The Morgan fingerprint density at radius 3 is 2.96 bits per heavy atom. The monoisotopic (exact) mass is 330 g/mol. The highest BCUT2D eigenvalue weighted by molar-refractivity contribution is 7.22. The predicted molar refractivity (Wildman–Crippen MR) is 93.0 cm³/mol. The first-order valence-electron chi connectivity index (χ1n) is 8.57. The van der Waals surface area contributed by atoms with Gasteiger partial charge in [-0.15, -0.1) is 0 Å². The summed E-state index contributed by atoms with van der Waals surface area (Å²) in [6.45, 7) is 3.62. The van der Waals surface area contributed by atoms with Crippen molar-refractivity contribution in [2.45, 2.75) is 45.1 Å². The van der Waals surface area contributed by atoms with E-state index in [1.165, 1.54) is 10.3 Å². The second kappa shape index (κ2) is 6.21. The summed E-state index contributed by atoms with van der Waals surface area (Å²) in [4.78, 5) is 19.4. The summed E-state index contributed by atoms with van der Waals surface area (Å²) in [6.07, 6.45) is 5.35. The zero-order valence-corrected chi connectivity index (χ0v) is 14.3. The molecule has 1 aliphatic heterocycles. The predicted octanol–water partition coefficient (Wildman–Crippen LogP) is 3.78. The molecule has 1 atom stereocenters. The normalized spacial score (nSPS) is 21.0. The van der Waals surface area contributed by atoms with Crippen LogP contribution in [0.15, 0.2) is 18.2 Å². The zero-order valence-electron chi connectivity index (χ0n) is 13.5. The number of ether oxygens (including phenoxy) is 1. The Balaban J connectivity index is 1.65. The van der Waals surface area contributed by atoms with Crippen LogP contribution in [-0.2, 0) is 16.0 Å². The summed E-state index contributed by atoms with van der Waals surface area (Å²) in [5, 5.41) is 0.834. The molecule has 1 aromatic carbocycles. The average Bonchev–Trinajstić information content (AvgIpc) is 3.13. The number of carbonyl (C=O) groups excluding carboxylic acids is 1. The molecule has 2 heterocycles. The lowest BCUT2D eigenvalue weighted by atomic mass is 10.2. The van der Waals surface area contributed by atoms with Crippen molar-refractivity contribution in [3.8, 4) is 0 Å². The highest BCUT2D eigenvalue weighted by Crippen LogP contribution is 2.36. The molecule has 1 unspecified atom stereocenters. The number of aromatic nitrogens is 1. The first-order valence-corrected chi connectivity index (χ1v) is 9.38. The van der Waals surface area contributed by atoms with Gasteiger partial charge in [0.2, 0.25) is 5.91 Å². The van der Waals surface area contributed by atoms with Crippen molar-refractivity contribution in [2.24, 2.45) is 5.92 Å². The Labute approximate surface area is 140 Å². The van der Waals surface area contributed by atoms with Crippen molar-refractivity contribution in [3.05, 3.63) is 23.8 Å². The number of benzene rings is 1. The van der Waals surface area contributed by atoms with Gasteiger partial charge in [0.25, 0.3) is 0 Å². The highest BCUT2D eigenvalue weighted by atomic mass is 32.1. The van der Waals surface area contributed by atoms with Crippen LogP contribution in [0.5, 0.6) is 0 Å². The van der Waals surface area contributed by atoms with E-state index in [9.17, 15) is 4.79 Å². The molecular formula is C18H22N2O2S. The Kier molecular flexibility index (Phi) is 4.07. The van der Waals surface area contributed by atoms with Crippen molar-refractivity contribution in [1.82, 2.24) is 4.98 Å². The van der Waals surface area contributed by atoms with Gasteiger partial charge in [0.05, 0.1) is 22.9 Å². The number of anilines is 1. The molecule has 4 nitrogen and oxygen atoms in total. The third-order valence-corrected chi connectivity index (χ3v) is 5.72. The van der Waals surface area contributed by atoms with Crippen LogP contribution < -0.4 is 4.90 Å². The van der Waals surface area contributed by atoms with E-state index in [0.717, 1.165) is 49.4 Å². The van der Waals surface area contributed by atoms with Gasteiger partial charge >= 0.3 is 0 Å². The topological polar surface area (TPSA) is 42.4 Å². The average molecular weight is 330 g/mol. The maximum absolute atomic E-state index is 12.7. The van der Waals surface area contributed by atoms with Crippen LogP contribution in [0.2, 0.25) is 0 Å². The van der Waals surface area contributed by atoms with Crippen molar-refractivity contribution in [1.29, 1.82) is 0 Å². The van der Waals surface area contributed by atoms with Gasteiger partial charge in [0.15, 0.2) is 5.13 Å². The first-order chi connectivity index (χ1) is 11.2. The molecule has 1 saturated heterocycles. The SMILES string of the molecule is CCc1ccc2nc(N(CC3CCCO3)C(=O)C3CC3)sc2c1. The van der Waals surface area contributed by atoms with Crippen LogP contribution in [-0.4, -0.2) is 30.1 Å². The summed E-state index contributed by atoms with van der Waals surface area (Å²) >= 11 is 1.63. The minimum atomic E-state index is 0.163. The van der Waals surface area contributed by atoms with Gasteiger partial charge < -0.3 is 4.74 Å². The van der Waals surface area contributed by atoms with E-state index in [1.807, 2.05) is 4.90 Å². The molecule has 1 aliphatic carbocycles. The van der Waals surface area contributed by atoms with E-state index in [0.29, 0.717) is 6.54 Å². The molecule has 1 amide bonds. The molecule has 2 fully saturated rings. The summed E-state index contributed by atoms with van der Waals surface area (Å²) in [7, 11) is 0. The quantitative estimate of drug-likeness (QED) is 0.838. The van der Waals surface area contributed by atoms with E-state index in [4.69, 9.17) is 9.72 Å². The zero-order chi connectivity index (χ0) is 15.8. The van der Waals surface area contributed by atoms with E-state index >= 15 is 0 Å². The van der Waals surface area contributed by atoms with Crippen LogP contribution in [0.3, 0.4) is 0 Å². The Morgan fingerprint density at radius 1 is 1.39 bits per heavy atom. The number of hydrogen-bond donors (Lipinski definition) is 0. The van der Waals surface area contributed by atoms with Gasteiger partial charge in [-0.25, -0.2) is 4.98 Å². The van der Waals surface area contributed by atoms with Gasteiger partial charge in [0.1, 0.15) is 0 Å². The lowest BCUT2D eigenvalue weighted by Gasteiger charge is -2.22. The van der Waals surface area contributed by atoms with Crippen molar-refractivity contribution >= 4 is 32.6 Å². The first kappa shape index (κ1) is 15.1. The molecule has 1 aromatic heterocycles. The molecular weight excluding hydrogens is 308 g/mol. The molecule has 0 N–H and O–H groups in total. The fourth-order valence-corrected chi connectivity index (χ4v) is 4.14. The summed E-state index contributed by atoms with van der Waals surface area (Å²) in [5.74, 6) is 0.435. The van der Waals surface area contributed by atoms with Crippen molar-refractivity contribution in [2.75, 3.05) is 18.1 Å². The van der Waals surface area contributed by atoms with Crippen LogP contribution in [0.1, 0.15) is 38.2 Å². The molecule has 4 rings (SSSR count). The van der Waals surface area contributed by atoms with E-state index < -0.39 is 0 Å². The minimum absolute atomic E-state index is 0.163. The van der Waals surface area contributed by atoms with Gasteiger partial charge in [-0.2, -0.15) is 0 Å². The molecule has 0 bridgehead atoms. The van der Waals surface area contributed by atoms with E-state index in [1.54, 1.807) is 11.3 Å². The molecule has 2 aliphatic rings. The maximum Gasteiger partial charge on any atom is 0.231 e. The number of aryl methyl sites for hydroxylation is 1. The number of fused-ring (bicyclic) bond motifs is 1. The standard InChI is InChI=1S/C18H22N2O2S/c1-2-12-5-8-15-16(10-12)23-18(19-15)20(17(21)13-6-7-13)11-14-4-3-9-22-14/h5,8,10,13-14H,2-4,6-7,9,11H2,1H3. The highest BCUT2D eigenvalue weighted by Gasteiger charge is 2.36. The molecule has 23 heavy (non-hydrogen) atoms. The second-order valence-corrected chi connectivity index (χ2v) is 7.52. The number of amides is 1. The lowest BCUT2D eigenvalue weighted by Crippen LogP contribution is -2.38. The van der Waals surface area contributed by atoms with Crippen LogP contribution in [0, 0.1) is 5.92 Å². The van der Waals surface area contributed by atoms with Crippen molar-refractivity contribution < 1.29 is 9.53 Å². The van der Waals surface area contributed by atoms with Crippen LogP contribution in [0.25, 0.3) is 10.2 Å². The third-order valence-electron chi connectivity index (χ3n) is 4.68. The molecule has 0 radical (unpaired) electrons. The smallest absolute Gasteiger partial charge is 0.231 e. The van der Waals surface area contributed by atoms with Crippen molar-refractivity contribution in [3.63, 3.8) is 0 Å². The lowest BCUT2D eigenvalue weighted by molar-refractivity contribution is -0.120. The largest absolute Gasteiger partial charge is 0.376 e.